The maximum Gasteiger partial charge on any atom is 0.262 e. The average molecular weight is 343 g/mol. The highest BCUT2D eigenvalue weighted by Gasteiger charge is 2.14. The van der Waals surface area contributed by atoms with Crippen LogP contribution in [0.3, 0.4) is 0 Å². The number of amides is 1. The number of anilines is 2. The van der Waals surface area contributed by atoms with Crippen molar-refractivity contribution in [2.75, 3.05) is 50.1 Å². The Morgan fingerprint density at radius 1 is 1.08 bits per heavy atom. The molecule has 1 fully saturated rings. The van der Waals surface area contributed by atoms with Crippen LogP contribution in [0.5, 0.6) is 5.75 Å². The summed E-state index contributed by atoms with van der Waals surface area (Å²) >= 11 is 0. The van der Waals surface area contributed by atoms with E-state index < -0.39 is 5.82 Å². The first-order chi connectivity index (χ1) is 12.1. The van der Waals surface area contributed by atoms with Crippen molar-refractivity contribution in [2.24, 2.45) is 0 Å². The van der Waals surface area contributed by atoms with Crippen molar-refractivity contribution in [1.29, 1.82) is 0 Å². The zero-order valence-electron chi connectivity index (χ0n) is 14.2. The lowest BCUT2D eigenvalue weighted by atomic mass is 10.2. The summed E-state index contributed by atoms with van der Waals surface area (Å²) in [7, 11) is 2.12. The second-order valence-corrected chi connectivity index (χ2v) is 6.10. The molecule has 1 aliphatic rings. The molecular formula is C19H22FN3O2. The number of likely N-dealkylation sites (N-methyl/N-ethyl adjacent to an activating group) is 1. The lowest BCUT2D eigenvalue weighted by Gasteiger charge is -2.34. The summed E-state index contributed by atoms with van der Waals surface area (Å²) < 4.78 is 18.6. The molecule has 1 heterocycles. The molecule has 0 radical (unpaired) electrons. The maximum absolute atomic E-state index is 13.4. The van der Waals surface area contributed by atoms with E-state index in [-0.39, 0.29) is 18.3 Å². The monoisotopic (exact) mass is 343 g/mol. The van der Waals surface area contributed by atoms with Gasteiger partial charge < -0.3 is 19.9 Å². The van der Waals surface area contributed by atoms with Crippen LogP contribution in [0.2, 0.25) is 0 Å². The van der Waals surface area contributed by atoms with Crippen LogP contribution in [0.15, 0.2) is 48.5 Å². The molecule has 2 aromatic carbocycles. The van der Waals surface area contributed by atoms with E-state index in [9.17, 15) is 9.18 Å². The van der Waals surface area contributed by atoms with E-state index in [1.54, 1.807) is 12.1 Å². The molecule has 2 aromatic rings. The highest BCUT2D eigenvalue weighted by atomic mass is 19.1. The topological polar surface area (TPSA) is 44.8 Å². The molecule has 3 rings (SSSR count). The minimum atomic E-state index is -0.480. The molecule has 5 nitrogen and oxygen atoms in total. The maximum atomic E-state index is 13.4. The number of benzene rings is 2. The number of rotatable bonds is 5. The number of carbonyl (C=O) groups excluding carboxylic acids is 1. The number of hydrogen-bond donors (Lipinski definition) is 1. The Morgan fingerprint density at radius 2 is 1.76 bits per heavy atom. The van der Waals surface area contributed by atoms with Crippen LogP contribution in [-0.4, -0.2) is 50.6 Å². The van der Waals surface area contributed by atoms with Gasteiger partial charge in [-0.1, -0.05) is 12.1 Å². The zero-order valence-corrected chi connectivity index (χ0v) is 14.2. The number of para-hydroxylation sites is 1. The molecule has 0 bridgehead atoms. The number of piperazine rings is 1. The normalized spacial score (nSPS) is 15.0. The molecule has 0 unspecified atom stereocenters. The second kappa shape index (κ2) is 7.98. The third kappa shape index (κ3) is 4.70. The van der Waals surface area contributed by atoms with Crippen molar-refractivity contribution in [3.63, 3.8) is 0 Å². The molecule has 25 heavy (non-hydrogen) atoms. The van der Waals surface area contributed by atoms with Crippen molar-refractivity contribution in [3.8, 4) is 5.75 Å². The van der Waals surface area contributed by atoms with Gasteiger partial charge in [0.15, 0.2) is 18.2 Å². The molecule has 1 N–H and O–H groups in total. The summed E-state index contributed by atoms with van der Waals surface area (Å²) in [6.45, 7) is 3.86. The van der Waals surface area contributed by atoms with E-state index >= 15 is 0 Å². The standard InChI is InChI=1S/C19H22FN3O2/c1-22-10-12-23(13-11-22)16-8-6-15(7-9-16)21-19(24)14-25-18-5-3-2-4-17(18)20/h2-9H,10-14H2,1H3,(H,21,24). The first-order valence-corrected chi connectivity index (χ1v) is 8.32. The number of halogens is 1. The predicted octanol–water partition coefficient (Wildman–Crippen LogP) is 2.60. The van der Waals surface area contributed by atoms with Gasteiger partial charge in [0.1, 0.15) is 0 Å². The average Bonchev–Trinajstić information content (AvgIpc) is 2.62. The van der Waals surface area contributed by atoms with Gasteiger partial charge in [-0.05, 0) is 43.4 Å². The Bertz CT molecular complexity index is 713. The quantitative estimate of drug-likeness (QED) is 0.906. The van der Waals surface area contributed by atoms with Gasteiger partial charge in [0, 0.05) is 37.6 Å². The molecule has 1 saturated heterocycles. The first-order valence-electron chi connectivity index (χ1n) is 8.32. The fraction of sp³-hybridized carbons (Fsp3) is 0.316. The van der Waals surface area contributed by atoms with Gasteiger partial charge in [-0.2, -0.15) is 0 Å². The third-order valence-electron chi connectivity index (χ3n) is 4.21. The Labute approximate surface area is 147 Å². The summed E-state index contributed by atoms with van der Waals surface area (Å²) in [6, 6.07) is 13.8. The Balaban J connectivity index is 1.51. The number of hydrogen-bond acceptors (Lipinski definition) is 4. The van der Waals surface area contributed by atoms with E-state index in [1.807, 2.05) is 24.3 Å². The molecule has 6 heteroatoms. The molecule has 132 valence electrons. The highest BCUT2D eigenvalue weighted by molar-refractivity contribution is 5.92. The fourth-order valence-electron chi connectivity index (χ4n) is 2.72. The Kier molecular flexibility index (Phi) is 5.50. The second-order valence-electron chi connectivity index (χ2n) is 6.10. The van der Waals surface area contributed by atoms with Gasteiger partial charge in [0.25, 0.3) is 5.91 Å². The molecule has 0 aromatic heterocycles. The number of ether oxygens (including phenoxy) is 1. The summed E-state index contributed by atoms with van der Waals surface area (Å²) in [5, 5.41) is 2.76. The van der Waals surface area contributed by atoms with E-state index in [4.69, 9.17) is 4.74 Å². The highest BCUT2D eigenvalue weighted by Crippen LogP contribution is 2.19. The van der Waals surface area contributed by atoms with E-state index in [1.165, 1.54) is 12.1 Å². The Morgan fingerprint density at radius 3 is 2.44 bits per heavy atom. The summed E-state index contributed by atoms with van der Waals surface area (Å²) in [5.41, 5.74) is 1.84. The van der Waals surface area contributed by atoms with Crippen LogP contribution < -0.4 is 15.0 Å². The van der Waals surface area contributed by atoms with E-state index in [2.05, 4.69) is 22.2 Å². The third-order valence-corrected chi connectivity index (χ3v) is 4.21. The lowest BCUT2D eigenvalue weighted by molar-refractivity contribution is -0.118. The lowest BCUT2D eigenvalue weighted by Crippen LogP contribution is -2.44. The van der Waals surface area contributed by atoms with Crippen LogP contribution in [0.25, 0.3) is 0 Å². The van der Waals surface area contributed by atoms with Crippen molar-refractivity contribution >= 4 is 17.3 Å². The minimum Gasteiger partial charge on any atom is -0.481 e. The molecular weight excluding hydrogens is 321 g/mol. The van der Waals surface area contributed by atoms with E-state index in [0.717, 1.165) is 31.9 Å². The fourth-order valence-corrected chi connectivity index (χ4v) is 2.72. The Hall–Kier alpha value is -2.60. The van der Waals surface area contributed by atoms with Crippen LogP contribution in [0.1, 0.15) is 0 Å². The smallest absolute Gasteiger partial charge is 0.262 e. The van der Waals surface area contributed by atoms with Crippen LogP contribution in [0.4, 0.5) is 15.8 Å². The number of nitrogens with one attached hydrogen (secondary N) is 1. The molecule has 0 spiro atoms. The van der Waals surface area contributed by atoms with Gasteiger partial charge in [-0.15, -0.1) is 0 Å². The molecule has 1 amide bonds. The van der Waals surface area contributed by atoms with Crippen molar-refractivity contribution in [3.05, 3.63) is 54.3 Å². The summed E-state index contributed by atoms with van der Waals surface area (Å²) in [5.74, 6) is -0.731. The van der Waals surface area contributed by atoms with Gasteiger partial charge in [0.05, 0.1) is 0 Å². The summed E-state index contributed by atoms with van der Waals surface area (Å²) in [6.07, 6.45) is 0. The van der Waals surface area contributed by atoms with Crippen molar-refractivity contribution in [2.45, 2.75) is 0 Å². The number of carbonyl (C=O) groups is 1. The van der Waals surface area contributed by atoms with Gasteiger partial charge in [-0.25, -0.2) is 4.39 Å². The molecule has 0 saturated carbocycles. The van der Waals surface area contributed by atoms with Gasteiger partial charge in [-0.3, -0.25) is 4.79 Å². The summed E-state index contributed by atoms with van der Waals surface area (Å²) in [4.78, 5) is 16.6. The zero-order chi connectivity index (χ0) is 17.6. The minimum absolute atomic E-state index is 0.0723. The SMILES string of the molecule is CN1CCN(c2ccc(NC(=O)COc3ccccc3F)cc2)CC1. The van der Waals surface area contributed by atoms with Gasteiger partial charge >= 0.3 is 0 Å². The van der Waals surface area contributed by atoms with E-state index in [0.29, 0.717) is 5.69 Å². The van der Waals surface area contributed by atoms with Crippen molar-refractivity contribution < 1.29 is 13.9 Å². The van der Waals surface area contributed by atoms with Gasteiger partial charge in [0.2, 0.25) is 0 Å². The number of nitrogens with zero attached hydrogens (tertiary/aromatic N) is 2. The largest absolute Gasteiger partial charge is 0.481 e. The van der Waals surface area contributed by atoms with Crippen LogP contribution in [-0.2, 0) is 4.79 Å². The molecule has 1 aliphatic heterocycles. The van der Waals surface area contributed by atoms with Crippen LogP contribution >= 0.6 is 0 Å². The predicted molar refractivity (Wildman–Crippen MR) is 96.7 cm³/mol. The van der Waals surface area contributed by atoms with Crippen LogP contribution in [0, 0.1) is 5.82 Å². The van der Waals surface area contributed by atoms with Crippen molar-refractivity contribution in [1.82, 2.24) is 4.90 Å². The first kappa shape index (κ1) is 17.2. The molecule has 0 atom stereocenters. The molecule has 0 aliphatic carbocycles.